The van der Waals surface area contributed by atoms with Gasteiger partial charge in [-0.15, -0.1) is 0 Å². The Labute approximate surface area is 362 Å². The molecule has 4 aliphatic rings. The number of aromatic nitrogens is 1. The molecular formula is C58H45BN2O. The quantitative estimate of drug-likeness (QED) is 0.154. The third kappa shape index (κ3) is 4.14. The molecule has 62 heavy (non-hydrogen) atoms. The smallest absolute Gasteiger partial charge is 0.333 e. The Morgan fingerprint density at radius 1 is 0.484 bits per heavy atom. The predicted octanol–water partition coefficient (Wildman–Crippen LogP) is 13.8. The number of hydrogen-bond donors (Lipinski definition) is 0. The Bertz CT molecular complexity index is 3680. The molecule has 4 heteroatoms. The van der Waals surface area contributed by atoms with E-state index in [1.54, 1.807) is 0 Å². The van der Waals surface area contributed by atoms with Gasteiger partial charge in [0.25, 0.3) is 0 Å². The molecule has 0 radical (unpaired) electrons. The molecule has 0 unspecified atom stereocenters. The lowest BCUT2D eigenvalue weighted by Gasteiger charge is -2.42. The van der Waals surface area contributed by atoms with Gasteiger partial charge in [0.15, 0.2) is 0 Å². The molecule has 0 spiro atoms. The van der Waals surface area contributed by atoms with Gasteiger partial charge in [-0.2, -0.15) is 0 Å². The molecule has 296 valence electrons. The lowest BCUT2D eigenvalue weighted by Crippen LogP contribution is -2.60. The van der Waals surface area contributed by atoms with E-state index in [4.69, 9.17) is 4.42 Å². The number of fused-ring (bicyclic) bond motifs is 17. The highest BCUT2D eigenvalue weighted by molar-refractivity contribution is 6.93. The Morgan fingerprint density at radius 3 is 1.87 bits per heavy atom. The van der Waals surface area contributed by atoms with Crippen molar-refractivity contribution in [3.05, 3.63) is 173 Å². The number of para-hydroxylation sites is 1. The molecule has 0 bridgehead atoms. The zero-order valence-electron chi connectivity index (χ0n) is 36.2. The van der Waals surface area contributed by atoms with Crippen molar-refractivity contribution < 1.29 is 4.42 Å². The molecule has 2 aliphatic heterocycles. The van der Waals surface area contributed by atoms with E-state index in [0.717, 1.165) is 21.9 Å². The van der Waals surface area contributed by atoms with Gasteiger partial charge in [0.1, 0.15) is 11.2 Å². The molecule has 0 atom stereocenters. The summed E-state index contributed by atoms with van der Waals surface area (Å²) in [6.45, 7) is 16.4. The van der Waals surface area contributed by atoms with Gasteiger partial charge < -0.3 is 13.8 Å². The van der Waals surface area contributed by atoms with Gasteiger partial charge in [-0.3, -0.25) is 0 Å². The zero-order valence-corrected chi connectivity index (χ0v) is 36.2. The van der Waals surface area contributed by atoms with Crippen LogP contribution >= 0.6 is 0 Å². The van der Waals surface area contributed by atoms with E-state index in [-0.39, 0.29) is 23.1 Å². The van der Waals surface area contributed by atoms with Crippen LogP contribution < -0.4 is 15.7 Å². The molecule has 4 heterocycles. The number of anilines is 2. The molecule has 0 saturated carbocycles. The van der Waals surface area contributed by atoms with Crippen LogP contribution in [-0.4, -0.2) is 11.4 Å². The first-order valence-electron chi connectivity index (χ1n) is 22.3. The highest BCUT2D eigenvalue weighted by atomic mass is 16.3. The summed E-state index contributed by atoms with van der Waals surface area (Å²) >= 11 is 0. The monoisotopic (exact) mass is 796 g/mol. The molecule has 8 aromatic carbocycles. The largest absolute Gasteiger partial charge is 0.456 e. The standard InChI is InChI=1S/C58H45BN2O/c1-56(2,3)32-20-22-33(23-21-32)61-50-31-53-43(36-16-10-13-19-52(36)62-53)26-41(50)37-24-25-38-42-27-46-40(35-15-9-12-18-45(35)57(46,4)5)29-49(42)60-51-30-47-39(28-48(51)59(61)54(37)55(38)60)34-14-8-11-17-44(34)58(47,6)7/h8-31H,1-7H3. The summed E-state index contributed by atoms with van der Waals surface area (Å²) < 4.78 is 9.35. The van der Waals surface area contributed by atoms with Crippen molar-refractivity contribution in [1.82, 2.24) is 4.57 Å². The van der Waals surface area contributed by atoms with Gasteiger partial charge in [0, 0.05) is 61.1 Å². The van der Waals surface area contributed by atoms with E-state index in [0.29, 0.717) is 0 Å². The molecule has 2 aromatic heterocycles. The third-order valence-electron chi connectivity index (χ3n) is 15.5. The van der Waals surface area contributed by atoms with Crippen LogP contribution in [0.5, 0.6) is 0 Å². The molecule has 10 aromatic rings. The predicted molar refractivity (Wildman–Crippen MR) is 261 cm³/mol. The number of rotatable bonds is 1. The topological polar surface area (TPSA) is 21.3 Å². The third-order valence-corrected chi connectivity index (χ3v) is 15.5. The fourth-order valence-corrected chi connectivity index (χ4v) is 12.4. The van der Waals surface area contributed by atoms with Crippen LogP contribution in [-0.2, 0) is 16.2 Å². The van der Waals surface area contributed by atoms with E-state index < -0.39 is 0 Å². The lowest BCUT2D eigenvalue weighted by atomic mass is 9.43. The average Bonchev–Trinajstić information content (AvgIpc) is 3.94. The molecule has 0 amide bonds. The van der Waals surface area contributed by atoms with Crippen molar-refractivity contribution in [2.45, 2.75) is 64.7 Å². The van der Waals surface area contributed by atoms with Crippen LogP contribution in [0.15, 0.2) is 150 Å². The fourth-order valence-electron chi connectivity index (χ4n) is 12.4. The molecule has 3 nitrogen and oxygen atoms in total. The summed E-state index contributed by atoms with van der Waals surface area (Å²) in [4.78, 5) is 2.65. The number of nitrogens with zero attached hydrogens (tertiary/aromatic N) is 2. The van der Waals surface area contributed by atoms with Gasteiger partial charge in [0.05, 0.1) is 11.0 Å². The van der Waals surface area contributed by atoms with Gasteiger partial charge in [-0.05, 0) is 114 Å². The summed E-state index contributed by atoms with van der Waals surface area (Å²) in [5.74, 6) is 0. The number of furan rings is 1. The van der Waals surface area contributed by atoms with Gasteiger partial charge in [-0.25, -0.2) is 0 Å². The van der Waals surface area contributed by atoms with Crippen molar-refractivity contribution in [3.8, 4) is 39.1 Å². The molecule has 0 N–H and O–H groups in total. The minimum Gasteiger partial charge on any atom is -0.456 e. The first-order valence-corrected chi connectivity index (χ1v) is 22.3. The second-order valence-electron chi connectivity index (χ2n) is 20.5. The van der Waals surface area contributed by atoms with Crippen LogP contribution in [0.25, 0.3) is 82.8 Å². The van der Waals surface area contributed by atoms with Crippen LogP contribution in [0, 0.1) is 0 Å². The maximum Gasteiger partial charge on any atom is 0.333 e. The summed E-state index contributed by atoms with van der Waals surface area (Å²) in [6.07, 6.45) is 0. The van der Waals surface area contributed by atoms with Crippen LogP contribution in [0.3, 0.4) is 0 Å². The fraction of sp³-hybridized carbons (Fsp3) is 0.172. The highest BCUT2D eigenvalue weighted by Gasteiger charge is 2.47. The summed E-state index contributed by atoms with van der Waals surface area (Å²) in [5, 5.41) is 4.93. The maximum atomic E-state index is 6.69. The van der Waals surface area contributed by atoms with E-state index in [1.165, 1.54) is 111 Å². The Morgan fingerprint density at radius 2 is 1.15 bits per heavy atom. The molecule has 0 saturated heterocycles. The van der Waals surface area contributed by atoms with Gasteiger partial charge in [-0.1, -0.05) is 146 Å². The molecule has 2 aliphatic carbocycles. The Kier molecular flexibility index (Phi) is 6.29. The molecular weight excluding hydrogens is 751 g/mol. The summed E-state index contributed by atoms with van der Waals surface area (Å²) in [5.41, 5.74) is 25.4. The SMILES string of the molecule is CC(C)(C)c1ccc(N2B3c4cc5c(cc4-n4c6cc7c(cc6c6ccc(c3c64)-c3cc4c(cc32)oc2ccccc24)C(C)(C)c2ccccc2-7)C(C)(C)c2ccccc2-5)cc1. The van der Waals surface area contributed by atoms with Crippen molar-refractivity contribution in [3.63, 3.8) is 0 Å². The average molecular weight is 797 g/mol. The van der Waals surface area contributed by atoms with Crippen LogP contribution in [0.2, 0.25) is 0 Å². The normalized spacial score (nSPS) is 15.9. The van der Waals surface area contributed by atoms with Crippen molar-refractivity contribution >= 4 is 72.9 Å². The Balaban J connectivity index is 1.16. The minimum atomic E-state index is -0.149. The maximum absolute atomic E-state index is 6.69. The van der Waals surface area contributed by atoms with Gasteiger partial charge >= 0.3 is 6.85 Å². The van der Waals surface area contributed by atoms with Crippen LogP contribution in [0.1, 0.15) is 76.3 Å². The van der Waals surface area contributed by atoms with E-state index in [2.05, 4.69) is 203 Å². The second kappa shape index (κ2) is 11.2. The second-order valence-corrected chi connectivity index (χ2v) is 20.5. The summed E-state index contributed by atoms with van der Waals surface area (Å²) in [7, 11) is 0. The first kappa shape index (κ1) is 34.9. The number of benzene rings is 8. The number of hydrogen-bond acceptors (Lipinski definition) is 2. The van der Waals surface area contributed by atoms with E-state index in [9.17, 15) is 0 Å². The van der Waals surface area contributed by atoms with Crippen molar-refractivity contribution in [2.75, 3.05) is 4.81 Å². The Hall–Kier alpha value is -6.78. The summed E-state index contributed by atoms with van der Waals surface area (Å²) in [6, 6.07) is 55.9. The minimum absolute atomic E-state index is 0.0338. The first-order chi connectivity index (χ1) is 29.9. The van der Waals surface area contributed by atoms with E-state index >= 15 is 0 Å². The lowest BCUT2D eigenvalue weighted by molar-refractivity contribution is 0.590. The van der Waals surface area contributed by atoms with Gasteiger partial charge in [0.2, 0.25) is 0 Å². The van der Waals surface area contributed by atoms with Crippen molar-refractivity contribution in [2.24, 2.45) is 0 Å². The highest BCUT2D eigenvalue weighted by Crippen LogP contribution is 2.54. The van der Waals surface area contributed by atoms with E-state index in [1.807, 2.05) is 0 Å². The van der Waals surface area contributed by atoms with Crippen LogP contribution in [0.4, 0.5) is 11.4 Å². The van der Waals surface area contributed by atoms with Crippen molar-refractivity contribution in [1.29, 1.82) is 0 Å². The molecule has 0 fully saturated rings. The molecule has 14 rings (SSSR count). The zero-order chi connectivity index (χ0) is 41.8.